The zero-order valence-corrected chi connectivity index (χ0v) is 9.22. The lowest BCUT2D eigenvalue weighted by molar-refractivity contribution is 0.504. The molecule has 0 unspecified atom stereocenters. The molecule has 1 aromatic rings. The molecule has 0 heterocycles. The highest BCUT2D eigenvalue weighted by Gasteiger charge is 2.03. The van der Waals surface area contributed by atoms with Gasteiger partial charge in [0, 0.05) is 5.41 Å². The van der Waals surface area contributed by atoms with Gasteiger partial charge < -0.3 is 4.74 Å². The maximum atomic E-state index is 5.30. The summed E-state index contributed by atoms with van der Waals surface area (Å²) in [6.07, 6.45) is 2.72. The van der Waals surface area contributed by atoms with E-state index in [4.69, 9.17) is 4.74 Å². The van der Waals surface area contributed by atoms with E-state index in [1.807, 2.05) is 31.2 Å². The standard InChI is InChI=1S/C13H16O/c1-11-6-5-7-12(10-11)14-9-8-13(2,3)4/h5-7,10H,1-4H3. The Labute approximate surface area is 86.1 Å². The third-order valence-corrected chi connectivity index (χ3v) is 1.58. The van der Waals surface area contributed by atoms with E-state index in [1.54, 1.807) is 0 Å². The first kappa shape index (κ1) is 10.7. The predicted octanol–water partition coefficient (Wildman–Crippen LogP) is 3.38. The third-order valence-electron chi connectivity index (χ3n) is 1.58. The normalized spacial score (nSPS) is 10.3. The zero-order chi connectivity index (χ0) is 10.6. The van der Waals surface area contributed by atoms with Crippen LogP contribution in [0, 0.1) is 24.4 Å². The van der Waals surface area contributed by atoms with Gasteiger partial charge in [0.25, 0.3) is 0 Å². The van der Waals surface area contributed by atoms with Crippen molar-refractivity contribution in [2.75, 3.05) is 0 Å². The van der Waals surface area contributed by atoms with Gasteiger partial charge in [0.1, 0.15) is 11.9 Å². The van der Waals surface area contributed by atoms with E-state index in [-0.39, 0.29) is 5.41 Å². The average molecular weight is 188 g/mol. The van der Waals surface area contributed by atoms with Crippen molar-refractivity contribution in [3.8, 4) is 17.8 Å². The van der Waals surface area contributed by atoms with Crippen LogP contribution in [0.25, 0.3) is 0 Å². The molecule has 0 aromatic heterocycles. The maximum absolute atomic E-state index is 5.30. The molecule has 1 rings (SSSR count). The van der Waals surface area contributed by atoms with Gasteiger partial charge in [-0.2, -0.15) is 0 Å². The van der Waals surface area contributed by atoms with Crippen LogP contribution in [0.3, 0.4) is 0 Å². The summed E-state index contributed by atoms with van der Waals surface area (Å²) in [5, 5.41) is 0. The lowest BCUT2D eigenvalue weighted by Gasteiger charge is -2.06. The highest BCUT2D eigenvalue weighted by Crippen LogP contribution is 2.13. The Morgan fingerprint density at radius 1 is 1.21 bits per heavy atom. The number of ether oxygens (including phenoxy) is 1. The lowest BCUT2D eigenvalue weighted by atomic mass is 9.99. The Hall–Kier alpha value is -1.42. The van der Waals surface area contributed by atoms with E-state index in [2.05, 4.69) is 32.8 Å². The second-order valence-electron chi connectivity index (χ2n) is 4.40. The number of hydrogen-bond donors (Lipinski definition) is 0. The fourth-order valence-electron chi connectivity index (χ4n) is 0.916. The van der Waals surface area contributed by atoms with E-state index in [0.29, 0.717) is 0 Å². The summed E-state index contributed by atoms with van der Waals surface area (Å²) < 4.78 is 5.30. The average Bonchev–Trinajstić information content (AvgIpc) is 2.01. The molecule has 0 aliphatic carbocycles. The highest BCUT2D eigenvalue weighted by molar-refractivity contribution is 5.28. The first-order valence-electron chi connectivity index (χ1n) is 4.73. The van der Waals surface area contributed by atoms with Crippen molar-refractivity contribution in [1.29, 1.82) is 0 Å². The van der Waals surface area contributed by atoms with Crippen molar-refractivity contribution in [3.63, 3.8) is 0 Å². The van der Waals surface area contributed by atoms with Crippen LogP contribution in [0.15, 0.2) is 24.3 Å². The van der Waals surface area contributed by atoms with Gasteiger partial charge in [-0.15, -0.1) is 0 Å². The summed E-state index contributed by atoms with van der Waals surface area (Å²) in [6, 6.07) is 7.87. The van der Waals surface area contributed by atoms with Crippen molar-refractivity contribution < 1.29 is 4.74 Å². The van der Waals surface area contributed by atoms with Crippen LogP contribution in [-0.2, 0) is 0 Å². The monoisotopic (exact) mass is 188 g/mol. The number of aryl methyl sites for hydroxylation is 1. The van der Waals surface area contributed by atoms with Crippen LogP contribution in [0.5, 0.6) is 5.75 Å². The smallest absolute Gasteiger partial charge is 0.140 e. The van der Waals surface area contributed by atoms with Gasteiger partial charge in [0.2, 0.25) is 0 Å². The molecule has 0 amide bonds. The molecule has 0 saturated heterocycles. The lowest BCUT2D eigenvalue weighted by Crippen LogP contribution is -2.00. The minimum Gasteiger partial charge on any atom is -0.408 e. The minimum atomic E-state index is -0.0101. The molecule has 74 valence electrons. The van der Waals surface area contributed by atoms with Gasteiger partial charge in [0.15, 0.2) is 0 Å². The summed E-state index contributed by atoms with van der Waals surface area (Å²) in [5.74, 6) is 3.82. The van der Waals surface area contributed by atoms with Crippen molar-refractivity contribution in [3.05, 3.63) is 29.8 Å². The molecule has 0 bridgehead atoms. The topological polar surface area (TPSA) is 9.23 Å². The van der Waals surface area contributed by atoms with Gasteiger partial charge in [-0.1, -0.05) is 18.1 Å². The molecule has 0 atom stereocenters. The number of rotatable bonds is 1. The SMILES string of the molecule is Cc1cccc(OC#CC(C)(C)C)c1. The summed E-state index contributed by atoms with van der Waals surface area (Å²) in [6.45, 7) is 8.20. The Bertz CT molecular complexity index is 361. The van der Waals surface area contributed by atoms with E-state index in [1.165, 1.54) is 5.56 Å². The van der Waals surface area contributed by atoms with Gasteiger partial charge in [0.05, 0.1) is 0 Å². The molecule has 0 fully saturated rings. The van der Waals surface area contributed by atoms with Gasteiger partial charge in [-0.25, -0.2) is 0 Å². The van der Waals surface area contributed by atoms with Crippen LogP contribution in [0.1, 0.15) is 26.3 Å². The fraction of sp³-hybridized carbons (Fsp3) is 0.385. The van der Waals surface area contributed by atoms with Crippen LogP contribution in [0.4, 0.5) is 0 Å². The third kappa shape index (κ3) is 4.00. The fourth-order valence-corrected chi connectivity index (χ4v) is 0.916. The van der Waals surface area contributed by atoms with Gasteiger partial charge >= 0.3 is 0 Å². The van der Waals surface area contributed by atoms with Crippen LogP contribution in [0.2, 0.25) is 0 Å². The molecule has 0 saturated carbocycles. The Kier molecular flexibility index (Phi) is 3.19. The van der Waals surface area contributed by atoms with Crippen molar-refractivity contribution in [1.82, 2.24) is 0 Å². The molecular weight excluding hydrogens is 172 g/mol. The first-order valence-corrected chi connectivity index (χ1v) is 4.73. The minimum absolute atomic E-state index is 0.0101. The summed E-state index contributed by atoms with van der Waals surface area (Å²) in [5.41, 5.74) is 1.17. The van der Waals surface area contributed by atoms with E-state index in [9.17, 15) is 0 Å². The van der Waals surface area contributed by atoms with Gasteiger partial charge in [-0.3, -0.25) is 0 Å². The molecule has 1 nitrogen and oxygen atoms in total. The van der Waals surface area contributed by atoms with E-state index in [0.717, 1.165) is 5.75 Å². The van der Waals surface area contributed by atoms with Crippen molar-refractivity contribution >= 4 is 0 Å². The first-order chi connectivity index (χ1) is 6.47. The molecule has 0 aliphatic heterocycles. The largest absolute Gasteiger partial charge is 0.408 e. The molecule has 0 radical (unpaired) electrons. The van der Waals surface area contributed by atoms with E-state index >= 15 is 0 Å². The predicted molar refractivity (Wildman–Crippen MR) is 59.0 cm³/mol. The van der Waals surface area contributed by atoms with E-state index < -0.39 is 0 Å². The number of hydrogen-bond acceptors (Lipinski definition) is 1. The Morgan fingerprint density at radius 2 is 1.93 bits per heavy atom. The highest BCUT2D eigenvalue weighted by atomic mass is 16.5. The van der Waals surface area contributed by atoms with Crippen LogP contribution >= 0.6 is 0 Å². The van der Waals surface area contributed by atoms with Crippen molar-refractivity contribution in [2.24, 2.45) is 5.41 Å². The molecule has 0 spiro atoms. The number of benzene rings is 1. The summed E-state index contributed by atoms with van der Waals surface area (Å²) >= 11 is 0. The van der Waals surface area contributed by atoms with Crippen LogP contribution in [-0.4, -0.2) is 0 Å². The maximum Gasteiger partial charge on any atom is 0.140 e. The van der Waals surface area contributed by atoms with Crippen molar-refractivity contribution in [2.45, 2.75) is 27.7 Å². The van der Waals surface area contributed by atoms with Crippen LogP contribution < -0.4 is 4.74 Å². The molecular formula is C13H16O. The quantitative estimate of drug-likeness (QED) is 0.614. The Balaban J connectivity index is 2.65. The molecule has 1 heteroatoms. The summed E-state index contributed by atoms with van der Waals surface area (Å²) in [4.78, 5) is 0. The molecule has 0 aliphatic rings. The van der Waals surface area contributed by atoms with Gasteiger partial charge in [-0.05, 0) is 45.4 Å². The molecule has 14 heavy (non-hydrogen) atoms. The summed E-state index contributed by atoms with van der Waals surface area (Å²) in [7, 11) is 0. The zero-order valence-electron chi connectivity index (χ0n) is 9.22. The second kappa shape index (κ2) is 4.19. The molecule has 0 N–H and O–H groups in total. The molecule has 1 aromatic carbocycles. The second-order valence-corrected chi connectivity index (χ2v) is 4.40. The Morgan fingerprint density at radius 3 is 2.50 bits per heavy atom.